The molecule has 1 aromatic carbocycles. The number of halogens is 1. The first-order chi connectivity index (χ1) is 8.97. The van der Waals surface area contributed by atoms with Crippen LogP contribution in [0.1, 0.15) is 10.4 Å². The van der Waals surface area contributed by atoms with Gasteiger partial charge in [0.1, 0.15) is 6.20 Å². The summed E-state index contributed by atoms with van der Waals surface area (Å²) in [5.74, 6) is -0.469. The summed E-state index contributed by atoms with van der Waals surface area (Å²) in [7, 11) is 0. The van der Waals surface area contributed by atoms with Gasteiger partial charge in [-0.15, -0.1) is 0 Å². The smallest absolute Gasteiger partial charge is 0.345 e. The zero-order valence-electron chi connectivity index (χ0n) is 9.29. The molecule has 1 heterocycles. The van der Waals surface area contributed by atoms with Gasteiger partial charge in [0.15, 0.2) is 5.13 Å². The van der Waals surface area contributed by atoms with E-state index in [-0.39, 0.29) is 15.7 Å². The van der Waals surface area contributed by atoms with Gasteiger partial charge in [0.25, 0.3) is 5.91 Å². The highest BCUT2D eigenvalue weighted by Crippen LogP contribution is 2.26. The third kappa shape index (κ3) is 3.06. The number of anilines is 2. The average molecular weight is 343 g/mol. The number of nitro groups is 1. The lowest BCUT2D eigenvalue weighted by Crippen LogP contribution is -2.13. The fraction of sp³-hybridized carbons (Fsp3) is 0. The second-order valence-corrected chi connectivity index (χ2v) is 5.37. The van der Waals surface area contributed by atoms with Crippen molar-refractivity contribution in [2.45, 2.75) is 0 Å². The van der Waals surface area contributed by atoms with Crippen LogP contribution in [0.15, 0.2) is 28.9 Å². The first kappa shape index (κ1) is 13.4. The number of nitrogens with two attached hydrogens (primary N) is 1. The maximum Gasteiger partial charge on any atom is 0.345 e. The molecule has 98 valence electrons. The lowest BCUT2D eigenvalue weighted by molar-refractivity contribution is -0.380. The van der Waals surface area contributed by atoms with Gasteiger partial charge in [0.2, 0.25) is 0 Å². The number of rotatable bonds is 3. The molecular formula is C10H7BrN4O3S. The van der Waals surface area contributed by atoms with Crippen LogP contribution in [0.4, 0.5) is 15.8 Å². The normalized spacial score (nSPS) is 10.2. The maximum atomic E-state index is 12.0. The monoisotopic (exact) mass is 342 g/mol. The van der Waals surface area contributed by atoms with Gasteiger partial charge in [-0.05, 0) is 29.5 Å². The van der Waals surface area contributed by atoms with Gasteiger partial charge in [-0.1, -0.05) is 15.9 Å². The Balaban J connectivity index is 2.20. The Kier molecular flexibility index (Phi) is 3.76. The molecule has 19 heavy (non-hydrogen) atoms. The van der Waals surface area contributed by atoms with Crippen LogP contribution >= 0.6 is 27.3 Å². The van der Waals surface area contributed by atoms with Crippen molar-refractivity contribution < 1.29 is 9.72 Å². The lowest BCUT2D eigenvalue weighted by atomic mass is 10.2. The summed E-state index contributed by atoms with van der Waals surface area (Å²) < 4.78 is 0.706. The predicted molar refractivity (Wildman–Crippen MR) is 75.3 cm³/mol. The zero-order chi connectivity index (χ0) is 14.0. The van der Waals surface area contributed by atoms with Crippen molar-refractivity contribution >= 4 is 49.0 Å². The number of amides is 1. The van der Waals surface area contributed by atoms with Crippen LogP contribution in [-0.2, 0) is 0 Å². The highest BCUT2D eigenvalue weighted by Gasteiger charge is 2.16. The van der Waals surface area contributed by atoms with Crippen molar-refractivity contribution in [1.82, 2.24) is 4.98 Å². The lowest BCUT2D eigenvalue weighted by Gasteiger charge is -2.05. The summed E-state index contributed by atoms with van der Waals surface area (Å²) in [6.45, 7) is 0. The van der Waals surface area contributed by atoms with Gasteiger partial charge in [-0.3, -0.25) is 20.2 Å². The quantitative estimate of drug-likeness (QED) is 0.506. The Bertz CT molecular complexity index is 658. The Morgan fingerprint density at radius 1 is 1.53 bits per heavy atom. The molecule has 1 amide bonds. The second-order valence-electron chi connectivity index (χ2n) is 3.45. The van der Waals surface area contributed by atoms with Gasteiger partial charge in [-0.2, -0.15) is 0 Å². The molecule has 0 saturated carbocycles. The summed E-state index contributed by atoms with van der Waals surface area (Å²) in [5.41, 5.74) is 6.27. The van der Waals surface area contributed by atoms with E-state index in [1.807, 2.05) is 0 Å². The van der Waals surface area contributed by atoms with E-state index in [0.717, 1.165) is 17.5 Å². The number of carbonyl (C=O) groups excluding carboxylic acids is 1. The van der Waals surface area contributed by atoms with E-state index in [1.165, 1.54) is 0 Å². The fourth-order valence-corrected chi connectivity index (χ4v) is 2.29. The van der Waals surface area contributed by atoms with Crippen molar-refractivity contribution in [2.75, 3.05) is 11.1 Å². The topological polar surface area (TPSA) is 111 Å². The molecule has 0 aliphatic rings. The van der Waals surface area contributed by atoms with Crippen LogP contribution in [0.3, 0.4) is 0 Å². The van der Waals surface area contributed by atoms with E-state index in [4.69, 9.17) is 5.73 Å². The Labute approximate surface area is 119 Å². The highest BCUT2D eigenvalue weighted by molar-refractivity contribution is 9.10. The predicted octanol–water partition coefficient (Wildman–Crippen LogP) is 2.65. The number of carbonyl (C=O) groups is 1. The number of thiazole rings is 1. The summed E-state index contributed by atoms with van der Waals surface area (Å²) >= 11 is 4.01. The number of benzene rings is 1. The molecular weight excluding hydrogens is 336 g/mol. The second kappa shape index (κ2) is 5.33. The minimum absolute atomic E-state index is 0.141. The Morgan fingerprint density at radius 3 is 2.89 bits per heavy atom. The molecule has 0 unspecified atom stereocenters. The van der Waals surface area contributed by atoms with Crippen LogP contribution in [-0.4, -0.2) is 15.8 Å². The minimum Gasteiger partial charge on any atom is -0.398 e. The highest BCUT2D eigenvalue weighted by atomic mass is 79.9. The van der Waals surface area contributed by atoms with Crippen molar-refractivity contribution in [3.63, 3.8) is 0 Å². The Hall–Kier alpha value is -2.00. The third-order valence-corrected chi connectivity index (χ3v) is 3.51. The molecule has 0 aliphatic carbocycles. The molecule has 0 radical (unpaired) electrons. The summed E-state index contributed by atoms with van der Waals surface area (Å²) in [4.78, 5) is 25.6. The van der Waals surface area contributed by atoms with Crippen molar-refractivity contribution in [3.05, 3.63) is 44.5 Å². The van der Waals surface area contributed by atoms with Gasteiger partial charge in [-0.25, -0.2) is 4.98 Å². The van der Waals surface area contributed by atoms with Crippen LogP contribution in [0.2, 0.25) is 0 Å². The summed E-state index contributed by atoms with van der Waals surface area (Å²) in [6, 6.07) is 4.86. The standard InChI is InChI=1S/C10H7BrN4O3S/c11-5-1-2-7(12)6(3-5)9(16)14-10-13-4-8(19-10)15(17)18/h1-4H,12H2,(H,13,14,16). The van der Waals surface area contributed by atoms with Gasteiger partial charge in [0, 0.05) is 10.2 Å². The van der Waals surface area contributed by atoms with E-state index in [0.29, 0.717) is 10.2 Å². The minimum atomic E-state index is -0.569. The zero-order valence-corrected chi connectivity index (χ0v) is 11.7. The van der Waals surface area contributed by atoms with E-state index in [2.05, 4.69) is 26.2 Å². The van der Waals surface area contributed by atoms with Crippen LogP contribution in [0, 0.1) is 10.1 Å². The average Bonchev–Trinajstić information content (AvgIpc) is 2.80. The number of nitrogens with one attached hydrogen (secondary N) is 1. The summed E-state index contributed by atoms with van der Waals surface area (Å²) in [6.07, 6.45) is 1.09. The first-order valence-corrected chi connectivity index (χ1v) is 6.55. The van der Waals surface area contributed by atoms with E-state index < -0.39 is 10.8 Å². The van der Waals surface area contributed by atoms with Crippen molar-refractivity contribution in [3.8, 4) is 0 Å². The molecule has 0 atom stereocenters. The van der Waals surface area contributed by atoms with Crippen molar-refractivity contribution in [1.29, 1.82) is 0 Å². The largest absolute Gasteiger partial charge is 0.398 e. The van der Waals surface area contributed by atoms with Gasteiger partial charge in [0.05, 0.1) is 10.5 Å². The molecule has 0 aliphatic heterocycles. The number of hydrogen-bond donors (Lipinski definition) is 2. The molecule has 2 aromatic rings. The van der Waals surface area contributed by atoms with Gasteiger partial charge < -0.3 is 5.73 Å². The number of aromatic nitrogens is 1. The molecule has 1 aromatic heterocycles. The number of nitrogen functional groups attached to an aromatic ring is 1. The third-order valence-electron chi connectivity index (χ3n) is 2.15. The molecule has 0 spiro atoms. The molecule has 0 fully saturated rings. The van der Waals surface area contributed by atoms with Crippen LogP contribution < -0.4 is 11.1 Å². The van der Waals surface area contributed by atoms with E-state index in [1.54, 1.807) is 18.2 Å². The number of hydrogen-bond acceptors (Lipinski definition) is 6. The number of nitrogens with zero attached hydrogens (tertiary/aromatic N) is 2. The molecule has 2 rings (SSSR count). The van der Waals surface area contributed by atoms with E-state index in [9.17, 15) is 14.9 Å². The molecule has 7 nitrogen and oxygen atoms in total. The Morgan fingerprint density at radius 2 is 2.26 bits per heavy atom. The van der Waals surface area contributed by atoms with Crippen molar-refractivity contribution in [2.24, 2.45) is 0 Å². The molecule has 9 heteroatoms. The SMILES string of the molecule is Nc1ccc(Br)cc1C(=O)Nc1ncc([N+](=O)[O-])s1. The van der Waals surface area contributed by atoms with Crippen LogP contribution in [0.25, 0.3) is 0 Å². The van der Waals surface area contributed by atoms with E-state index >= 15 is 0 Å². The molecule has 0 saturated heterocycles. The molecule has 3 N–H and O–H groups in total. The summed E-state index contributed by atoms with van der Waals surface area (Å²) in [5, 5.41) is 13.0. The first-order valence-electron chi connectivity index (χ1n) is 4.94. The van der Waals surface area contributed by atoms with Gasteiger partial charge >= 0.3 is 5.00 Å². The fourth-order valence-electron chi connectivity index (χ4n) is 1.30. The molecule has 0 bridgehead atoms. The maximum absolute atomic E-state index is 12.0. The van der Waals surface area contributed by atoms with Crippen LogP contribution in [0.5, 0.6) is 0 Å².